The molecule has 1 saturated carbocycles. The molecule has 2 nitrogen and oxygen atoms in total. The first-order valence-electron chi connectivity index (χ1n) is 7.23. The first kappa shape index (κ1) is 14.5. The summed E-state index contributed by atoms with van der Waals surface area (Å²) in [5, 5.41) is 0. The third-order valence-electron chi connectivity index (χ3n) is 4.22. The maximum Gasteiger partial charge on any atom is 0.228 e. The van der Waals surface area contributed by atoms with Gasteiger partial charge in [-0.2, -0.15) is 0 Å². The van der Waals surface area contributed by atoms with E-state index in [2.05, 4.69) is 39.5 Å². The molecular formula is C15H29NO. The molecule has 0 aromatic carbocycles. The summed E-state index contributed by atoms with van der Waals surface area (Å²) in [6.07, 6.45) is 7.23. The summed E-state index contributed by atoms with van der Waals surface area (Å²) in [7, 11) is 0. The standard InChI is InChI=1S/C15H29NO/c1-6-15(4,5)14(17)16(12(2)3)13-10-8-7-9-11-13/h12-13H,6-11H2,1-5H3. The number of hydrogen-bond donors (Lipinski definition) is 0. The van der Waals surface area contributed by atoms with Crippen LogP contribution in [0.5, 0.6) is 0 Å². The average Bonchev–Trinajstić information content (AvgIpc) is 2.30. The van der Waals surface area contributed by atoms with Crippen LogP contribution < -0.4 is 0 Å². The molecule has 1 aliphatic carbocycles. The lowest BCUT2D eigenvalue weighted by atomic mass is 9.85. The third kappa shape index (κ3) is 3.46. The molecule has 100 valence electrons. The molecule has 0 saturated heterocycles. The molecule has 0 atom stereocenters. The monoisotopic (exact) mass is 239 g/mol. The van der Waals surface area contributed by atoms with Crippen LogP contribution in [-0.2, 0) is 4.79 Å². The van der Waals surface area contributed by atoms with Crippen molar-refractivity contribution >= 4 is 5.91 Å². The second kappa shape index (κ2) is 5.88. The van der Waals surface area contributed by atoms with Crippen molar-refractivity contribution in [1.29, 1.82) is 0 Å². The van der Waals surface area contributed by atoms with Crippen LogP contribution in [0.2, 0.25) is 0 Å². The van der Waals surface area contributed by atoms with Crippen molar-refractivity contribution in [2.75, 3.05) is 0 Å². The maximum absolute atomic E-state index is 12.7. The van der Waals surface area contributed by atoms with E-state index in [1.165, 1.54) is 32.1 Å². The summed E-state index contributed by atoms with van der Waals surface area (Å²) in [6.45, 7) is 10.6. The van der Waals surface area contributed by atoms with E-state index in [1.807, 2.05) is 0 Å². The Hall–Kier alpha value is -0.530. The lowest BCUT2D eigenvalue weighted by molar-refractivity contribution is -0.146. The molecule has 1 aliphatic rings. The van der Waals surface area contributed by atoms with Gasteiger partial charge >= 0.3 is 0 Å². The minimum absolute atomic E-state index is 0.207. The highest BCUT2D eigenvalue weighted by molar-refractivity contribution is 5.82. The SMILES string of the molecule is CCC(C)(C)C(=O)N(C(C)C)C1CCCCC1. The molecule has 1 rings (SSSR count). The zero-order valence-corrected chi connectivity index (χ0v) is 12.3. The van der Waals surface area contributed by atoms with Gasteiger partial charge in [0.1, 0.15) is 0 Å². The third-order valence-corrected chi connectivity index (χ3v) is 4.22. The van der Waals surface area contributed by atoms with Gasteiger partial charge in [-0.05, 0) is 33.1 Å². The zero-order valence-electron chi connectivity index (χ0n) is 12.3. The van der Waals surface area contributed by atoms with Crippen molar-refractivity contribution in [2.24, 2.45) is 5.41 Å². The molecular weight excluding hydrogens is 210 g/mol. The van der Waals surface area contributed by atoms with Crippen LogP contribution in [0.4, 0.5) is 0 Å². The van der Waals surface area contributed by atoms with Gasteiger partial charge in [-0.1, -0.05) is 40.0 Å². The van der Waals surface area contributed by atoms with E-state index in [1.54, 1.807) is 0 Å². The Balaban J connectivity index is 2.81. The van der Waals surface area contributed by atoms with Gasteiger partial charge in [0.15, 0.2) is 0 Å². The van der Waals surface area contributed by atoms with E-state index in [-0.39, 0.29) is 5.41 Å². The lowest BCUT2D eigenvalue weighted by Crippen LogP contribution is -2.50. The Morgan fingerprint density at radius 1 is 1.24 bits per heavy atom. The van der Waals surface area contributed by atoms with Crippen molar-refractivity contribution in [3.8, 4) is 0 Å². The van der Waals surface area contributed by atoms with Crippen LogP contribution in [0.3, 0.4) is 0 Å². The highest BCUT2D eigenvalue weighted by Gasteiger charge is 2.35. The Bertz CT molecular complexity index is 252. The number of amides is 1. The van der Waals surface area contributed by atoms with Gasteiger partial charge in [-0.15, -0.1) is 0 Å². The highest BCUT2D eigenvalue weighted by Crippen LogP contribution is 2.30. The lowest BCUT2D eigenvalue weighted by Gasteiger charge is -2.41. The Kier molecular flexibility index (Phi) is 5.03. The van der Waals surface area contributed by atoms with E-state index in [4.69, 9.17) is 0 Å². The molecule has 0 N–H and O–H groups in total. The summed E-state index contributed by atoms with van der Waals surface area (Å²) in [6, 6.07) is 0.818. The quantitative estimate of drug-likeness (QED) is 0.726. The number of hydrogen-bond acceptors (Lipinski definition) is 1. The second-order valence-electron chi connectivity index (χ2n) is 6.34. The Labute approximate surface area is 107 Å². The van der Waals surface area contributed by atoms with Crippen molar-refractivity contribution in [3.63, 3.8) is 0 Å². The van der Waals surface area contributed by atoms with Gasteiger partial charge in [-0.3, -0.25) is 4.79 Å². The van der Waals surface area contributed by atoms with Crippen molar-refractivity contribution < 1.29 is 4.79 Å². The molecule has 0 unspecified atom stereocenters. The fourth-order valence-electron chi connectivity index (χ4n) is 2.68. The van der Waals surface area contributed by atoms with Crippen LogP contribution in [0.15, 0.2) is 0 Å². The maximum atomic E-state index is 12.7. The Morgan fingerprint density at radius 3 is 2.18 bits per heavy atom. The van der Waals surface area contributed by atoms with Crippen LogP contribution in [0.25, 0.3) is 0 Å². The first-order chi connectivity index (χ1) is 7.90. The van der Waals surface area contributed by atoms with Gasteiger partial charge in [0, 0.05) is 17.5 Å². The molecule has 0 aliphatic heterocycles. The summed E-state index contributed by atoms with van der Waals surface area (Å²) in [4.78, 5) is 14.8. The van der Waals surface area contributed by atoms with Crippen LogP contribution in [-0.4, -0.2) is 22.9 Å². The first-order valence-corrected chi connectivity index (χ1v) is 7.23. The van der Waals surface area contributed by atoms with Gasteiger partial charge in [0.2, 0.25) is 5.91 Å². The number of carbonyl (C=O) groups is 1. The van der Waals surface area contributed by atoms with E-state index in [9.17, 15) is 4.79 Å². The van der Waals surface area contributed by atoms with Gasteiger partial charge in [0.25, 0.3) is 0 Å². The number of carbonyl (C=O) groups excluding carboxylic acids is 1. The summed E-state index contributed by atoms with van der Waals surface area (Å²) in [5.41, 5.74) is -0.207. The normalized spacial score (nSPS) is 18.5. The molecule has 0 heterocycles. The predicted octanol–water partition coefficient (Wildman–Crippen LogP) is 3.99. The smallest absolute Gasteiger partial charge is 0.228 e. The fourth-order valence-corrected chi connectivity index (χ4v) is 2.68. The van der Waals surface area contributed by atoms with Gasteiger partial charge < -0.3 is 4.90 Å². The van der Waals surface area contributed by atoms with Gasteiger partial charge in [0.05, 0.1) is 0 Å². The van der Waals surface area contributed by atoms with Crippen molar-refractivity contribution in [3.05, 3.63) is 0 Å². The van der Waals surface area contributed by atoms with E-state index in [0.29, 0.717) is 18.0 Å². The molecule has 2 heteroatoms. The molecule has 0 aromatic rings. The molecule has 1 fully saturated rings. The largest absolute Gasteiger partial charge is 0.337 e. The van der Waals surface area contributed by atoms with Crippen molar-refractivity contribution in [1.82, 2.24) is 4.90 Å². The van der Waals surface area contributed by atoms with E-state index < -0.39 is 0 Å². The van der Waals surface area contributed by atoms with Gasteiger partial charge in [-0.25, -0.2) is 0 Å². The van der Waals surface area contributed by atoms with Crippen LogP contribution in [0.1, 0.15) is 73.1 Å². The highest BCUT2D eigenvalue weighted by atomic mass is 16.2. The molecule has 0 bridgehead atoms. The fraction of sp³-hybridized carbons (Fsp3) is 0.933. The minimum atomic E-state index is -0.207. The molecule has 1 amide bonds. The average molecular weight is 239 g/mol. The Morgan fingerprint density at radius 2 is 1.76 bits per heavy atom. The van der Waals surface area contributed by atoms with Crippen LogP contribution in [0, 0.1) is 5.41 Å². The zero-order chi connectivity index (χ0) is 13.1. The minimum Gasteiger partial charge on any atom is -0.337 e. The molecule has 0 aromatic heterocycles. The topological polar surface area (TPSA) is 20.3 Å². The number of rotatable bonds is 4. The predicted molar refractivity (Wildman–Crippen MR) is 72.9 cm³/mol. The molecule has 0 radical (unpaired) electrons. The summed E-state index contributed by atoms with van der Waals surface area (Å²) < 4.78 is 0. The summed E-state index contributed by atoms with van der Waals surface area (Å²) in [5.74, 6) is 0.349. The molecule has 0 spiro atoms. The number of nitrogens with zero attached hydrogens (tertiary/aromatic N) is 1. The second-order valence-corrected chi connectivity index (χ2v) is 6.34. The molecule has 17 heavy (non-hydrogen) atoms. The van der Waals surface area contributed by atoms with Crippen molar-refractivity contribution in [2.45, 2.75) is 85.2 Å². The van der Waals surface area contributed by atoms with Crippen LogP contribution >= 0.6 is 0 Å². The van der Waals surface area contributed by atoms with E-state index in [0.717, 1.165) is 6.42 Å². The van der Waals surface area contributed by atoms with E-state index >= 15 is 0 Å². The summed E-state index contributed by atoms with van der Waals surface area (Å²) >= 11 is 0.